The zero-order chi connectivity index (χ0) is 15.0. The third kappa shape index (κ3) is 4.05. The first-order valence-corrected chi connectivity index (χ1v) is 7.04. The Morgan fingerprint density at radius 3 is 2.45 bits per heavy atom. The molecule has 1 amide bonds. The summed E-state index contributed by atoms with van der Waals surface area (Å²) in [6.45, 7) is 9.18. The molecule has 0 radical (unpaired) electrons. The van der Waals surface area contributed by atoms with Crippen molar-refractivity contribution in [2.75, 3.05) is 6.54 Å². The lowest BCUT2D eigenvalue weighted by atomic mass is 9.93. The van der Waals surface area contributed by atoms with Gasteiger partial charge in [0.05, 0.1) is 0 Å². The van der Waals surface area contributed by atoms with Crippen LogP contribution in [0.15, 0.2) is 42.6 Å². The predicted molar refractivity (Wildman–Crippen MR) is 81.1 cm³/mol. The fourth-order valence-corrected chi connectivity index (χ4v) is 2.57. The normalized spacial score (nSPS) is 15.4. The van der Waals surface area contributed by atoms with E-state index in [1.54, 1.807) is 0 Å². The van der Waals surface area contributed by atoms with Gasteiger partial charge >= 0.3 is 0 Å². The summed E-state index contributed by atoms with van der Waals surface area (Å²) in [7, 11) is 0. The number of allylic oxidation sites excluding steroid dienone is 1. The minimum Gasteiger partial charge on any atom is -0.317 e. The molecule has 2 rings (SSSR count). The Balaban J connectivity index is 0.000000956. The Bertz CT molecular complexity index is 442. The van der Waals surface area contributed by atoms with Gasteiger partial charge in [-0.2, -0.15) is 0 Å². The number of hydrogen-bond acceptors (Lipinski definition) is 2. The predicted octanol–water partition coefficient (Wildman–Crippen LogP) is 3.21. The molecular weight excluding hydrogens is 250 g/mol. The number of carbonyl (C=O) groups excluding carboxylic acids is 2. The highest BCUT2D eigenvalue weighted by Crippen LogP contribution is 2.26. The number of benzene rings is 1. The van der Waals surface area contributed by atoms with Gasteiger partial charge in [-0.1, -0.05) is 43.8 Å². The highest BCUT2D eigenvalue weighted by molar-refractivity contribution is 5.79. The standard InChI is InChI=1S/C16H21NO.CH2O/c1-3-15(12-14-8-5-4-6-9-14)13(2)17-11-7-10-16(17)18;1-2/h4-6,8-9,15H,2-3,7,10-12H2,1H3;1H2/t15-;/m0./s1. The monoisotopic (exact) mass is 273 g/mol. The second-order valence-corrected chi connectivity index (χ2v) is 4.94. The van der Waals surface area contributed by atoms with Gasteiger partial charge in [0.25, 0.3) is 0 Å². The van der Waals surface area contributed by atoms with Crippen molar-refractivity contribution in [1.82, 2.24) is 4.90 Å². The van der Waals surface area contributed by atoms with Gasteiger partial charge in [-0.05, 0) is 24.8 Å². The smallest absolute Gasteiger partial charge is 0.226 e. The molecule has 1 saturated heterocycles. The summed E-state index contributed by atoms with van der Waals surface area (Å²) < 4.78 is 0. The van der Waals surface area contributed by atoms with Crippen LogP contribution in [0.1, 0.15) is 31.7 Å². The van der Waals surface area contributed by atoms with E-state index in [4.69, 9.17) is 4.79 Å². The molecule has 0 spiro atoms. The van der Waals surface area contributed by atoms with E-state index < -0.39 is 0 Å². The van der Waals surface area contributed by atoms with Crippen molar-refractivity contribution in [3.8, 4) is 0 Å². The number of carbonyl (C=O) groups is 2. The number of rotatable bonds is 5. The van der Waals surface area contributed by atoms with Crippen LogP contribution in [-0.4, -0.2) is 24.1 Å². The van der Waals surface area contributed by atoms with Crippen molar-refractivity contribution in [2.45, 2.75) is 32.6 Å². The fourth-order valence-electron chi connectivity index (χ4n) is 2.57. The molecule has 1 fully saturated rings. The molecule has 0 aliphatic carbocycles. The van der Waals surface area contributed by atoms with E-state index in [0.29, 0.717) is 12.3 Å². The molecule has 1 atom stereocenters. The Morgan fingerprint density at radius 1 is 1.30 bits per heavy atom. The van der Waals surface area contributed by atoms with Crippen molar-refractivity contribution < 1.29 is 9.59 Å². The van der Waals surface area contributed by atoms with Crippen molar-refractivity contribution in [3.63, 3.8) is 0 Å². The molecule has 0 saturated carbocycles. The molecule has 1 aliphatic rings. The van der Waals surface area contributed by atoms with Gasteiger partial charge in [-0.3, -0.25) is 4.79 Å². The summed E-state index contributed by atoms with van der Waals surface area (Å²) in [6.07, 6.45) is 3.65. The molecule has 0 unspecified atom stereocenters. The Kier molecular flexibility index (Phi) is 6.71. The van der Waals surface area contributed by atoms with Gasteiger partial charge in [0.1, 0.15) is 6.79 Å². The van der Waals surface area contributed by atoms with Gasteiger partial charge in [0, 0.05) is 24.6 Å². The van der Waals surface area contributed by atoms with Crippen LogP contribution < -0.4 is 0 Å². The molecule has 1 aliphatic heterocycles. The van der Waals surface area contributed by atoms with Gasteiger partial charge in [0.2, 0.25) is 5.91 Å². The molecule has 3 heteroatoms. The van der Waals surface area contributed by atoms with Crippen LogP contribution in [0.2, 0.25) is 0 Å². The van der Waals surface area contributed by atoms with Gasteiger partial charge in [-0.25, -0.2) is 0 Å². The topological polar surface area (TPSA) is 37.4 Å². The van der Waals surface area contributed by atoms with Crippen LogP contribution >= 0.6 is 0 Å². The van der Waals surface area contributed by atoms with E-state index in [0.717, 1.165) is 31.5 Å². The number of hydrogen-bond donors (Lipinski definition) is 0. The van der Waals surface area contributed by atoms with Crippen LogP contribution in [0.4, 0.5) is 0 Å². The second kappa shape index (κ2) is 8.31. The molecule has 3 nitrogen and oxygen atoms in total. The van der Waals surface area contributed by atoms with Crippen molar-refractivity contribution in [3.05, 3.63) is 48.2 Å². The van der Waals surface area contributed by atoms with Gasteiger partial charge in [0.15, 0.2) is 0 Å². The number of nitrogens with zero attached hydrogens (tertiary/aromatic N) is 1. The molecule has 0 bridgehead atoms. The van der Waals surface area contributed by atoms with Crippen LogP contribution in [-0.2, 0) is 16.0 Å². The number of amides is 1. The van der Waals surface area contributed by atoms with Crippen LogP contribution in [0.5, 0.6) is 0 Å². The molecule has 1 aromatic carbocycles. The minimum absolute atomic E-state index is 0.242. The molecular formula is C17H23NO2. The quantitative estimate of drug-likeness (QED) is 0.826. The van der Waals surface area contributed by atoms with E-state index in [2.05, 4.69) is 37.8 Å². The Hall–Kier alpha value is -1.90. The average Bonchev–Trinajstić information content (AvgIpc) is 2.93. The summed E-state index contributed by atoms with van der Waals surface area (Å²) in [5.41, 5.74) is 2.32. The maximum Gasteiger partial charge on any atom is 0.226 e. The van der Waals surface area contributed by atoms with Gasteiger partial charge < -0.3 is 9.69 Å². The number of likely N-dealkylation sites (tertiary alicyclic amines) is 1. The average molecular weight is 273 g/mol. The molecule has 20 heavy (non-hydrogen) atoms. The van der Waals surface area contributed by atoms with Crippen molar-refractivity contribution >= 4 is 12.7 Å². The Labute approximate surface area is 121 Å². The lowest BCUT2D eigenvalue weighted by Crippen LogP contribution is -2.28. The van der Waals surface area contributed by atoms with Crippen molar-refractivity contribution in [1.29, 1.82) is 0 Å². The van der Waals surface area contributed by atoms with Crippen LogP contribution in [0.25, 0.3) is 0 Å². The van der Waals surface area contributed by atoms with E-state index >= 15 is 0 Å². The molecule has 0 N–H and O–H groups in total. The Morgan fingerprint density at radius 2 is 1.95 bits per heavy atom. The summed E-state index contributed by atoms with van der Waals surface area (Å²) in [4.78, 5) is 21.6. The molecule has 108 valence electrons. The summed E-state index contributed by atoms with van der Waals surface area (Å²) >= 11 is 0. The first kappa shape index (κ1) is 16.2. The highest BCUT2D eigenvalue weighted by Gasteiger charge is 2.26. The molecule has 1 aromatic rings. The van der Waals surface area contributed by atoms with E-state index in [-0.39, 0.29) is 5.91 Å². The third-order valence-electron chi connectivity index (χ3n) is 3.71. The van der Waals surface area contributed by atoms with Gasteiger partial charge in [-0.15, -0.1) is 0 Å². The zero-order valence-electron chi connectivity index (χ0n) is 12.2. The second-order valence-electron chi connectivity index (χ2n) is 4.94. The fraction of sp³-hybridized carbons (Fsp3) is 0.412. The lowest BCUT2D eigenvalue weighted by Gasteiger charge is -2.26. The van der Waals surface area contributed by atoms with E-state index in [1.807, 2.05) is 17.8 Å². The van der Waals surface area contributed by atoms with E-state index in [9.17, 15) is 4.79 Å². The lowest BCUT2D eigenvalue weighted by molar-refractivity contribution is -0.126. The first-order valence-electron chi connectivity index (χ1n) is 7.04. The zero-order valence-corrected chi connectivity index (χ0v) is 12.2. The summed E-state index contributed by atoms with van der Waals surface area (Å²) in [5, 5.41) is 0. The molecule has 0 aromatic heterocycles. The maximum absolute atomic E-state index is 11.8. The van der Waals surface area contributed by atoms with E-state index in [1.165, 1.54) is 5.56 Å². The minimum atomic E-state index is 0.242. The third-order valence-corrected chi connectivity index (χ3v) is 3.71. The maximum atomic E-state index is 11.8. The largest absolute Gasteiger partial charge is 0.317 e. The highest BCUT2D eigenvalue weighted by atomic mass is 16.2. The van der Waals surface area contributed by atoms with Crippen LogP contribution in [0, 0.1) is 5.92 Å². The summed E-state index contributed by atoms with van der Waals surface area (Å²) in [5.74, 6) is 0.612. The van der Waals surface area contributed by atoms with Crippen LogP contribution in [0.3, 0.4) is 0 Å². The van der Waals surface area contributed by atoms with Crippen molar-refractivity contribution in [2.24, 2.45) is 5.92 Å². The first-order chi connectivity index (χ1) is 9.72. The SMILES string of the molecule is C=C([C@@H](CC)Cc1ccccc1)N1CCCC1=O.C=O. The summed E-state index contributed by atoms with van der Waals surface area (Å²) in [6, 6.07) is 10.4. The molecule has 1 heterocycles.